The fourth-order valence-electron chi connectivity index (χ4n) is 2.45. The largest absolute Gasteiger partial charge is 0.376 e. The summed E-state index contributed by atoms with van der Waals surface area (Å²) in [6.07, 6.45) is 4.16. The number of nitrogens with zero attached hydrogens (tertiary/aromatic N) is 2. The maximum Gasteiger partial charge on any atom is 0.272 e. The van der Waals surface area contributed by atoms with Gasteiger partial charge in [0, 0.05) is 19.3 Å². The summed E-state index contributed by atoms with van der Waals surface area (Å²) in [6.45, 7) is 3.25. The molecule has 19 heavy (non-hydrogen) atoms. The molecule has 100 valence electrons. The third kappa shape index (κ3) is 2.33. The molecule has 1 aliphatic rings. The standard InChI is InChI=1S/C14H17N3O2/c1-10-16-13(12-6-2-3-7-17(10)12)14(18)15-9-11-5-4-8-19-11/h2-3,6-7,11H,4-5,8-9H2,1H3,(H,15,18). The molecule has 3 heterocycles. The van der Waals surface area contributed by atoms with Gasteiger partial charge in [-0.2, -0.15) is 0 Å². The zero-order valence-electron chi connectivity index (χ0n) is 10.9. The number of pyridine rings is 1. The van der Waals surface area contributed by atoms with Crippen molar-refractivity contribution in [2.24, 2.45) is 0 Å². The van der Waals surface area contributed by atoms with Gasteiger partial charge in [0.1, 0.15) is 5.82 Å². The van der Waals surface area contributed by atoms with Crippen molar-refractivity contribution in [1.82, 2.24) is 14.7 Å². The van der Waals surface area contributed by atoms with Crippen LogP contribution in [0.25, 0.3) is 5.52 Å². The second kappa shape index (κ2) is 5.01. The summed E-state index contributed by atoms with van der Waals surface area (Å²) >= 11 is 0. The predicted octanol–water partition coefficient (Wildman–Crippen LogP) is 1.55. The summed E-state index contributed by atoms with van der Waals surface area (Å²) in [5.41, 5.74) is 1.32. The number of ether oxygens (including phenoxy) is 1. The maximum absolute atomic E-state index is 12.2. The number of carbonyl (C=O) groups excluding carboxylic acids is 1. The molecule has 0 aromatic carbocycles. The molecule has 1 N–H and O–H groups in total. The van der Waals surface area contributed by atoms with Crippen LogP contribution in [0.1, 0.15) is 29.2 Å². The minimum absolute atomic E-state index is 0.132. The molecule has 3 rings (SSSR count). The Bertz CT molecular complexity index is 600. The summed E-state index contributed by atoms with van der Waals surface area (Å²) in [7, 11) is 0. The molecular weight excluding hydrogens is 242 g/mol. The topological polar surface area (TPSA) is 55.6 Å². The number of imidazole rings is 1. The summed E-state index contributed by atoms with van der Waals surface area (Å²) in [4.78, 5) is 16.5. The van der Waals surface area contributed by atoms with Crippen molar-refractivity contribution in [2.75, 3.05) is 13.2 Å². The van der Waals surface area contributed by atoms with Gasteiger partial charge in [0.25, 0.3) is 5.91 Å². The third-order valence-corrected chi connectivity index (χ3v) is 3.45. The van der Waals surface area contributed by atoms with Crippen LogP contribution in [0.15, 0.2) is 24.4 Å². The molecule has 1 atom stereocenters. The zero-order valence-corrected chi connectivity index (χ0v) is 10.9. The molecule has 1 unspecified atom stereocenters. The van der Waals surface area contributed by atoms with Gasteiger partial charge in [0.05, 0.1) is 11.6 Å². The summed E-state index contributed by atoms with van der Waals surface area (Å²) < 4.78 is 7.41. The van der Waals surface area contributed by atoms with Gasteiger partial charge in [-0.05, 0) is 31.9 Å². The van der Waals surface area contributed by atoms with Crippen molar-refractivity contribution in [3.05, 3.63) is 35.9 Å². The fourth-order valence-corrected chi connectivity index (χ4v) is 2.45. The Balaban J connectivity index is 1.77. The normalized spacial score (nSPS) is 18.9. The van der Waals surface area contributed by atoms with E-state index in [-0.39, 0.29) is 12.0 Å². The molecule has 5 nitrogen and oxygen atoms in total. The number of hydrogen-bond acceptors (Lipinski definition) is 3. The first-order valence-corrected chi connectivity index (χ1v) is 6.59. The molecule has 0 radical (unpaired) electrons. The number of aromatic nitrogens is 2. The van der Waals surface area contributed by atoms with E-state index in [9.17, 15) is 4.79 Å². The van der Waals surface area contributed by atoms with Crippen LogP contribution in [0.2, 0.25) is 0 Å². The van der Waals surface area contributed by atoms with Gasteiger partial charge >= 0.3 is 0 Å². The highest BCUT2D eigenvalue weighted by Crippen LogP contribution is 2.14. The Labute approximate surface area is 111 Å². The predicted molar refractivity (Wildman–Crippen MR) is 71.2 cm³/mol. The van der Waals surface area contributed by atoms with Crippen LogP contribution in [0.5, 0.6) is 0 Å². The van der Waals surface area contributed by atoms with E-state index in [1.165, 1.54) is 0 Å². The van der Waals surface area contributed by atoms with Crippen LogP contribution in [0, 0.1) is 6.92 Å². The summed E-state index contributed by atoms with van der Waals surface area (Å²) in [6, 6.07) is 5.74. The average Bonchev–Trinajstić information content (AvgIpc) is 3.05. The molecule has 1 amide bonds. The van der Waals surface area contributed by atoms with Gasteiger partial charge in [-0.25, -0.2) is 4.98 Å². The van der Waals surface area contributed by atoms with Gasteiger partial charge < -0.3 is 14.5 Å². The van der Waals surface area contributed by atoms with Gasteiger partial charge in [0.15, 0.2) is 5.69 Å². The van der Waals surface area contributed by atoms with Gasteiger partial charge in [0.2, 0.25) is 0 Å². The van der Waals surface area contributed by atoms with Crippen molar-refractivity contribution >= 4 is 11.4 Å². The Morgan fingerprint density at radius 3 is 3.26 bits per heavy atom. The minimum atomic E-state index is -0.132. The number of fused-ring (bicyclic) bond motifs is 1. The third-order valence-electron chi connectivity index (χ3n) is 3.45. The first kappa shape index (κ1) is 12.2. The highest BCUT2D eigenvalue weighted by Gasteiger charge is 2.19. The Kier molecular flexibility index (Phi) is 3.21. The Hall–Kier alpha value is -1.88. The van der Waals surface area contributed by atoms with E-state index in [1.54, 1.807) is 0 Å². The van der Waals surface area contributed by atoms with E-state index in [0.717, 1.165) is 30.8 Å². The van der Waals surface area contributed by atoms with Gasteiger partial charge in [-0.15, -0.1) is 0 Å². The number of hydrogen-bond donors (Lipinski definition) is 1. The fraction of sp³-hybridized carbons (Fsp3) is 0.429. The molecule has 0 spiro atoms. The summed E-state index contributed by atoms with van der Waals surface area (Å²) in [5.74, 6) is 0.685. The summed E-state index contributed by atoms with van der Waals surface area (Å²) in [5, 5.41) is 2.91. The average molecular weight is 259 g/mol. The van der Waals surface area contributed by atoms with E-state index in [1.807, 2.05) is 35.7 Å². The van der Waals surface area contributed by atoms with Crippen molar-refractivity contribution < 1.29 is 9.53 Å². The SMILES string of the molecule is Cc1nc(C(=O)NCC2CCCO2)c2ccccn12. The van der Waals surface area contributed by atoms with Crippen molar-refractivity contribution in [1.29, 1.82) is 0 Å². The van der Waals surface area contributed by atoms with E-state index in [0.29, 0.717) is 12.2 Å². The minimum Gasteiger partial charge on any atom is -0.376 e. The van der Waals surface area contributed by atoms with E-state index < -0.39 is 0 Å². The zero-order chi connectivity index (χ0) is 13.2. The Morgan fingerprint density at radius 1 is 1.58 bits per heavy atom. The molecule has 0 saturated carbocycles. The highest BCUT2D eigenvalue weighted by atomic mass is 16.5. The van der Waals surface area contributed by atoms with Crippen LogP contribution in [-0.4, -0.2) is 34.5 Å². The van der Waals surface area contributed by atoms with Crippen LogP contribution < -0.4 is 5.32 Å². The van der Waals surface area contributed by atoms with E-state index in [4.69, 9.17) is 4.74 Å². The molecule has 2 aromatic rings. The number of rotatable bonds is 3. The molecule has 1 saturated heterocycles. The molecule has 5 heteroatoms. The number of amides is 1. The number of nitrogens with one attached hydrogen (secondary N) is 1. The van der Waals surface area contributed by atoms with Crippen LogP contribution in [0.3, 0.4) is 0 Å². The lowest BCUT2D eigenvalue weighted by atomic mass is 10.2. The second-order valence-corrected chi connectivity index (χ2v) is 4.81. The Morgan fingerprint density at radius 2 is 2.47 bits per heavy atom. The number of aryl methyl sites for hydroxylation is 1. The lowest BCUT2D eigenvalue weighted by molar-refractivity contribution is 0.0855. The quantitative estimate of drug-likeness (QED) is 0.910. The smallest absolute Gasteiger partial charge is 0.272 e. The van der Waals surface area contributed by atoms with E-state index >= 15 is 0 Å². The molecule has 2 aromatic heterocycles. The molecular formula is C14H17N3O2. The first-order valence-electron chi connectivity index (χ1n) is 6.59. The van der Waals surface area contributed by atoms with Crippen molar-refractivity contribution in [2.45, 2.75) is 25.9 Å². The lowest BCUT2D eigenvalue weighted by Crippen LogP contribution is -2.32. The lowest BCUT2D eigenvalue weighted by Gasteiger charge is -2.09. The molecule has 1 aliphatic heterocycles. The molecule has 0 aliphatic carbocycles. The van der Waals surface area contributed by atoms with Gasteiger partial charge in [-0.3, -0.25) is 4.79 Å². The van der Waals surface area contributed by atoms with E-state index in [2.05, 4.69) is 10.3 Å². The van der Waals surface area contributed by atoms with Crippen LogP contribution >= 0.6 is 0 Å². The van der Waals surface area contributed by atoms with Gasteiger partial charge in [-0.1, -0.05) is 6.07 Å². The van der Waals surface area contributed by atoms with Crippen molar-refractivity contribution in [3.8, 4) is 0 Å². The highest BCUT2D eigenvalue weighted by molar-refractivity contribution is 5.99. The first-order chi connectivity index (χ1) is 9.25. The second-order valence-electron chi connectivity index (χ2n) is 4.81. The number of carbonyl (C=O) groups is 1. The van der Waals surface area contributed by atoms with Crippen molar-refractivity contribution in [3.63, 3.8) is 0 Å². The molecule has 1 fully saturated rings. The molecule has 0 bridgehead atoms. The monoisotopic (exact) mass is 259 g/mol. The maximum atomic E-state index is 12.2. The van der Waals surface area contributed by atoms with Crippen LogP contribution in [0.4, 0.5) is 0 Å². The van der Waals surface area contributed by atoms with Crippen LogP contribution in [-0.2, 0) is 4.74 Å².